The zero-order valence-electron chi connectivity index (χ0n) is 11.9. The molecular weight excluding hydrogens is 382 g/mol. The smallest absolute Gasteiger partial charge is 0.210 e. The first-order valence-electron chi connectivity index (χ1n) is 7.26. The van der Waals surface area contributed by atoms with Crippen LogP contribution in [0.4, 0.5) is 10.8 Å². The maximum atomic E-state index is 12.1. The fourth-order valence-electron chi connectivity index (χ4n) is 2.37. The van der Waals surface area contributed by atoms with Crippen LogP contribution >= 0.6 is 39.0 Å². The molecule has 1 aliphatic carbocycles. The molecule has 7 heteroatoms. The van der Waals surface area contributed by atoms with Gasteiger partial charge in [-0.25, -0.2) is 0 Å². The van der Waals surface area contributed by atoms with Gasteiger partial charge in [0.1, 0.15) is 5.78 Å². The number of carbonyl (C=O) groups is 1. The number of nitrogens with one attached hydrogen (secondary N) is 1. The Balaban J connectivity index is 1.64. The number of aromatic nitrogens is 2. The van der Waals surface area contributed by atoms with Crippen LogP contribution in [0.25, 0.3) is 0 Å². The highest BCUT2D eigenvalue weighted by molar-refractivity contribution is 9.10. The van der Waals surface area contributed by atoms with Crippen LogP contribution in [0.15, 0.2) is 33.1 Å². The van der Waals surface area contributed by atoms with E-state index in [1.807, 2.05) is 24.3 Å². The SMILES string of the molecule is O=C1CCCCC[C@@H]1Sc1nnc(Nc2cccc(Br)c2)s1. The van der Waals surface area contributed by atoms with Gasteiger partial charge in [0, 0.05) is 16.6 Å². The molecule has 1 heterocycles. The Labute approximate surface area is 146 Å². The average molecular weight is 398 g/mol. The lowest BCUT2D eigenvalue weighted by Gasteiger charge is -2.09. The van der Waals surface area contributed by atoms with Crippen molar-refractivity contribution >= 4 is 55.6 Å². The van der Waals surface area contributed by atoms with E-state index in [1.165, 1.54) is 11.3 Å². The van der Waals surface area contributed by atoms with E-state index in [0.29, 0.717) is 12.2 Å². The monoisotopic (exact) mass is 397 g/mol. The van der Waals surface area contributed by atoms with Gasteiger partial charge < -0.3 is 5.32 Å². The van der Waals surface area contributed by atoms with Gasteiger partial charge in [0.05, 0.1) is 5.25 Å². The van der Waals surface area contributed by atoms with Gasteiger partial charge in [0.15, 0.2) is 4.34 Å². The molecule has 22 heavy (non-hydrogen) atoms. The van der Waals surface area contributed by atoms with Crippen molar-refractivity contribution in [1.82, 2.24) is 10.2 Å². The minimum atomic E-state index is 0.0502. The van der Waals surface area contributed by atoms with Crippen molar-refractivity contribution in [2.45, 2.75) is 41.7 Å². The van der Waals surface area contributed by atoms with E-state index < -0.39 is 0 Å². The van der Waals surface area contributed by atoms with E-state index in [9.17, 15) is 4.79 Å². The van der Waals surface area contributed by atoms with Crippen molar-refractivity contribution in [3.8, 4) is 0 Å². The Morgan fingerprint density at radius 3 is 3.05 bits per heavy atom. The number of carbonyl (C=O) groups excluding carboxylic acids is 1. The number of hydrogen-bond donors (Lipinski definition) is 1. The lowest BCUT2D eigenvalue weighted by Crippen LogP contribution is -2.14. The second-order valence-corrected chi connectivity index (χ2v) is 8.52. The summed E-state index contributed by atoms with van der Waals surface area (Å²) in [6.07, 6.45) is 4.98. The molecule has 1 aromatic heterocycles. The second kappa shape index (κ2) is 7.57. The molecule has 1 aliphatic rings. The van der Waals surface area contributed by atoms with E-state index in [4.69, 9.17) is 0 Å². The number of benzene rings is 1. The standard InChI is InChI=1S/C15H16BrN3OS2/c16-10-5-4-6-11(9-10)17-14-18-19-15(22-14)21-13-8-3-1-2-7-12(13)20/h4-6,9,13H,1-3,7-8H2,(H,17,18)/t13-/m0/s1. The maximum Gasteiger partial charge on any atom is 0.210 e. The van der Waals surface area contributed by atoms with Gasteiger partial charge in [-0.05, 0) is 31.0 Å². The maximum absolute atomic E-state index is 12.1. The van der Waals surface area contributed by atoms with Crippen LogP contribution in [0.3, 0.4) is 0 Å². The summed E-state index contributed by atoms with van der Waals surface area (Å²) in [6.45, 7) is 0. The Bertz CT molecular complexity index is 662. The Hall–Kier alpha value is -0.920. The molecule has 2 aromatic rings. The summed E-state index contributed by atoms with van der Waals surface area (Å²) in [5, 5.41) is 12.4. The molecule has 0 bridgehead atoms. The van der Waals surface area contributed by atoms with Crippen molar-refractivity contribution in [3.63, 3.8) is 0 Å². The third-order valence-corrected chi connectivity index (χ3v) is 6.21. The highest BCUT2D eigenvalue weighted by Crippen LogP contribution is 2.34. The van der Waals surface area contributed by atoms with Crippen LogP contribution < -0.4 is 5.32 Å². The van der Waals surface area contributed by atoms with Gasteiger partial charge in [0.2, 0.25) is 5.13 Å². The highest BCUT2D eigenvalue weighted by Gasteiger charge is 2.23. The van der Waals surface area contributed by atoms with E-state index in [-0.39, 0.29) is 5.25 Å². The molecule has 1 aromatic carbocycles. The minimum absolute atomic E-state index is 0.0502. The highest BCUT2D eigenvalue weighted by atomic mass is 79.9. The van der Waals surface area contributed by atoms with Gasteiger partial charge >= 0.3 is 0 Å². The largest absolute Gasteiger partial charge is 0.330 e. The van der Waals surface area contributed by atoms with Crippen molar-refractivity contribution in [1.29, 1.82) is 0 Å². The molecule has 0 aliphatic heterocycles. The van der Waals surface area contributed by atoms with Gasteiger partial charge in [-0.15, -0.1) is 10.2 Å². The van der Waals surface area contributed by atoms with Gasteiger partial charge in [0.25, 0.3) is 0 Å². The minimum Gasteiger partial charge on any atom is -0.330 e. The first kappa shape index (κ1) is 16.0. The molecule has 1 fully saturated rings. The molecule has 0 amide bonds. The molecule has 1 N–H and O–H groups in total. The number of thioether (sulfide) groups is 1. The second-order valence-electron chi connectivity index (χ2n) is 5.18. The summed E-state index contributed by atoms with van der Waals surface area (Å²) in [7, 11) is 0. The molecule has 1 atom stereocenters. The summed E-state index contributed by atoms with van der Waals surface area (Å²) in [5.74, 6) is 0.360. The van der Waals surface area contributed by atoms with E-state index >= 15 is 0 Å². The van der Waals surface area contributed by atoms with Crippen molar-refractivity contribution in [2.75, 3.05) is 5.32 Å². The van der Waals surface area contributed by atoms with E-state index in [0.717, 1.165) is 45.3 Å². The number of anilines is 2. The number of Topliss-reactive ketones (excluding diaryl/α,β-unsaturated/α-hetero) is 1. The fourth-order valence-corrected chi connectivity index (χ4v) is 4.91. The van der Waals surface area contributed by atoms with Crippen molar-refractivity contribution < 1.29 is 4.79 Å². The van der Waals surface area contributed by atoms with Crippen molar-refractivity contribution in [2.24, 2.45) is 0 Å². The molecule has 0 saturated heterocycles. The average Bonchev–Trinajstić information content (AvgIpc) is 2.82. The molecule has 4 nitrogen and oxygen atoms in total. The predicted molar refractivity (Wildman–Crippen MR) is 95.1 cm³/mol. The molecular formula is C15H16BrN3OS2. The summed E-state index contributed by atoms with van der Waals surface area (Å²) >= 11 is 6.51. The van der Waals surface area contributed by atoms with Crippen molar-refractivity contribution in [3.05, 3.63) is 28.7 Å². The van der Waals surface area contributed by atoms with E-state index in [1.54, 1.807) is 11.8 Å². The number of halogens is 1. The molecule has 0 radical (unpaired) electrons. The normalized spacial score (nSPS) is 19.0. The van der Waals surface area contributed by atoms with Gasteiger partial charge in [-0.1, -0.05) is 57.9 Å². The van der Waals surface area contributed by atoms with Crippen LogP contribution in [-0.2, 0) is 4.79 Å². The van der Waals surface area contributed by atoms with Crippen LogP contribution in [0.1, 0.15) is 32.1 Å². The molecule has 3 rings (SSSR count). The first-order valence-corrected chi connectivity index (χ1v) is 9.75. The Kier molecular flexibility index (Phi) is 5.49. The lowest BCUT2D eigenvalue weighted by molar-refractivity contribution is -0.118. The number of nitrogens with zero attached hydrogens (tertiary/aromatic N) is 2. The summed E-state index contributed by atoms with van der Waals surface area (Å²) in [6, 6.07) is 7.91. The Morgan fingerprint density at radius 2 is 2.18 bits per heavy atom. The number of rotatable bonds is 4. The third kappa shape index (κ3) is 4.30. The molecule has 0 spiro atoms. The zero-order valence-corrected chi connectivity index (χ0v) is 15.1. The lowest BCUT2D eigenvalue weighted by atomic mass is 10.2. The quantitative estimate of drug-likeness (QED) is 0.732. The van der Waals surface area contributed by atoms with Gasteiger partial charge in [-0.3, -0.25) is 4.79 Å². The van der Waals surface area contributed by atoms with Crippen LogP contribution in [-0.4, -0.2) is 21.2 Å². The topological polar surface area (TPSA) is 54.9 Å². The van der Waals surface area contributed by atoms with Crippen LogP contribution in [0, 0.1) is 0 Å². The molecule has 0 unspecified atom stereocenters. The summed E-state index contributed by atoms with van der Waals surface area (Å²) in [5.41, 5.74) is 0.965. The van der Waals surface area contributed by atoms with Gasteiger partial charge in [-0.2, -0.15) is 0 Å². The summed E-state index contributed by atoms with van der Waals surface area (Å²) in [4.78, 5) is 12.1. The van der Waals surface area contributed by atoms with Crippen LogP contribution in [0.5, 0.6) is 0 Å². The fraction of sp³-hybridized carbons (Fsp3) is 0.400. The molecule has 116 valence electrons. The van der Waals surface area contributed by atoms with E-state index in [2.05, 4.69) is 31.4 Å². The zero-order chi connectivity index (χ0) is 15.4. The summed E-state index contributed by atoms with van der Waals surface area (Å²) < 4.78 is 1.87. The Morgan fingerprint density at radius 1 is 1.27 bits per heavy atom. The number of ketones is 1. The van der Waals surface area contributed by atoms with Crippen LogP contribution in [0.2, 0.25) is 0 Å². The predicted octanol–water partition coefficient (Wildman–Crippen LogP) is 5.04. The molecule has 1 saturated carbocycles. The number of hydrogen-bond acceptors (Lipinski definition) is 6. The first-order chi connectivity index (χ1) is 10.7. The third-order valence-electron chi connectivity index (χ3n) is 3.47.